The van der Waals surface area contributed by atoms with Gasteiger partial charge in [-0.1, -0.05) is 6.04 Å². The van der Waals surface area contributed by atoms with E-state index in [1.165, 1.54) is 12.5 Å². The maximum Gasteiger partial charge on any atom is 0.134 e. The largest absolute Gasteiger partial charge is 0.360 e. The third kappa shape index (κ3) is 9.01. The third-order valence-corrected chi connectivity index (χ3v) is 4.55. The van der Waals surface area contributed by atoms with Crippen LogP contribution in [-0.4, -0.2) is 61.2 Å². The molecule has 0 saturated heterocycles. The highest BCUT2D eigenvalue weighted by atomic mass is 28.2. The second-order valence-corrected chi connectivity index (χ2v) is 5.79. The van der Waals surface area contributed by atoms with Crippen molar-refractivity contribution in [2.45, 2.75) is 24.8 Å². The summed E-state index contributed by atoms with van der Waals surface area (Å²) in [5, 5.41) is 0. The van der Waals surface area contributed by atoms with Crippen LogP contribution in [0, 0.1) is 0 Å². The first kappa shape index (κ1) is 15.1. The summed E-state index contributed by atoms with van der Waals surface area (Å²) in [6.45, 7) is 3.05. The standard InChI is InChI=1S/C10H26N2O2Si/c1-12(7-4-6-11)8-5-9-15-10(13-2)14-3/h10H,4-9,11,15H2,1-3H3. The fraction of sp³-hybridized carbons (Fsp3) is 1.00. The van der Waals surface area contributed by atoms with Gasteiger partial charge in [-0.25, -0.2) is 0 Å². The van der Waals surface area contributed by atoms with E-state index in [1.807, 2.05) is 0 Å². The zero-order chi connectivity index (χ0) is 11.5. The molecule has 2 N–H and O–H groups in total. The molecular formula is C10H26N2O2Si. The first-order valence-electron chi connectivity index (χ1n) is 5.68. The number of hydrogen-bond acceptors (Lipinski definition) is 4. The summed E-state index contributed by atoms with van der Waals surface area (Å²) >= 11 is 0. The number of nitrogens with two attached hydrogens (primary N) is 1. The smallest absolute Gasteiger partial charge is 0.134 e. The Morgan fingerprint density at radius 1 is 1.20 bits per heavy atom. The Labute approximate surface area is 95.9 Å². The Kier molecular flexibility index (Phi) is 10.6. The number of nitrogens with zero attached hydrogens (tertiary/aromatic N) is 1. The van der Waals surface area contributed by atoms with Crippen LogP contribution in [0.1, 0.15) is 12.8 Å². The fourth-order valence-corrected chi connectivity index (χ4v) is 2.81. The minimum Gasteiger partial charge on any atom is -0.360 e. The molecule has 0 heterocycles. The molecule has 15 heavy (non-hydrogen) atoms. The summed E-state index contributed by atoms with van der Waals surface area (Å²) in [6.07, 6.45) is 2.34. The van der Waals surface area contributed by atoms with Crippen molar-refractivity contribution in [3.63, 3.8) is 0 Å². The molecule has 0 aromatic heterocycles. The molecule has 0 atom stereocenters. The van der Waals surface area contributed by atoms with E-state index in [0.717, 1.165) is 26.1 Å². The molecule has 0 aliphatic heterocycles. The zero-order valence-corrected chi connectivity index (χ0v) is 11.8. The normalized spacial score (nSPS) is 12.4. The molecule has 0 rings (SSSR count). The van der Waals surface area contributed by atoms with E-state index in [4.69, 9.17) is 15.2 Å². The van der Waals surface area contributed by atoms with Crippen LogP contribution < -0.4 is 5.73 Å². The fourth-order valence-electron chi connectivity index (χ4n) is 1.50. The molecule has 0 aliphatic rings. The van der Waals surface area contributed by atoms with Gasteiger partial charge in [0.15, 0.2) is 0 Å². The number of methoxy groups -OCH3 is 2. The summed E-state index contributed by atoms with van der Waals surface area (Å²) in [5.74, 6) is 0.0966. The summed E-state index contributed by atoms with van der Waals surface area (Å²) in [4.78, 5) is 2.34. The Bertz CT molecular complexity index is 135. The molecule has 92 valence electrons. The average molecular weight is 234 g/mol. The van der Waals surface area contributed by atoms with Crippen molar-refractivity contribution >= 4 is 9.52 Å². The van der Waals surface area contributed by atoms with Crippen LogP contribution in [0.4, 0.5) is 0 Å². The van der Waals surface area contributed by atoms with Gasteiger partial charge in [-0.2, -0.15) is 0 Å². The molecule has 0 spiro atoms. The molecular weight excluding hydrogens is 208 g/mol. The lowest BCUT2D eigenvalue weighted by Crippen LogP contribution is -2.25. The first-order valence-corrected chi connectivity index (χ1v) is 7.50. The van der Waals surface area contributed by atoms with E-state index in [2.05, 4.69) is 11.9 Å². The van der Waals surface area contributed by atoms with Crippen molar-refractivity contribution in [1.29, 1.82) is 0 Å². The monoisotopic (exact) mass is 234 g/mol. The van der Waals surface area contributed by atoms with E-state index < -0.39 is 0 Å². The van der Waals surface area contributed by atoms with Gasteiger partial charge in [-0.15, -0.1) is 0 Å². The molecule has 0 aromatic rings. The van der Waals surface area contributed by atoms with Crippen molar-refractivity contribution in [3.8, 4) is 0 Å². The van der Waals surface area contributed by atoms with Crippen LogP contribution in [0.5, 0.6) is 0 Å². The van der Waals surface area contributed by atoms with Crippen LogP contribution in [0.25, 0.3) is 0 Å². The second kappa shape index (κ2) is 10.6. The summed E-state index contributed by atoms with van der Waals surface area (Å²) in [5.41, 5.74) is 5.45. The summed E-state index contributed by atoms with van der Waals surface area (Å²) in [7, 11) is 5.36. The van der Waals surface area contributed by atoms with Crippen molar-refractivity contribution in [2.24, 2.45) is 5.73 Å². The molecule has 4 nitrogen and oxygen atoms in total. The lowest BCUT2D eigenvalue weighted by Gasteiger charge is -2.17. The van der Waals surface area contributed by atoms with Gasteiger partial charge in [-0.3, -0.25) is 0 Å². The van der Waals surface area contributed by atoms with Gasteiger partial charge in [-0.05, 0) is 39.5 Å². The lowest BCUT2D eigenvalue weighted by atomic mass is 10.3. The highest BCUT2D eigenvalue weighted by molar-refractivity contribution is 6.36. The molecule has 0 fully saturated rings. The number of rotatable bonds is 10. The lowest BCUT2D eigenvalue weighted by molar-refractivity contribution is -0.0441. The Morgan fingerprint density at radius 2 is 1.80 bits per heavy atom. The highest BCUT2D eigenvalue weighted by Gasteiger charge is 2.05. The highest BCUT2D eigenvalue weighted by Crippen LogP contribution is 1.98. The third-order valence-electron chi connectivity index (χ3n) is 2.50. The minimum atomic E-state index is -0.233. The van der Waals surface area contributed by atoms with Crippen LogP contribution in [0.3, 0.4) is 0 Å². The van der Waals surface area contributed by atoms with Gasteiger partial charge in [0.2, 0.25) is 0 Å². The molecule has 0 aromatic carbocycles. The Balaban J connectivity index is 3.29. The molecule has 0 radical (unpaired) electrons. The van der Waals surface area contributed by atoms with E-state index in [-0.39, 0.29) is 15.4 Å². The molecule has 0 amide bonds. The molecule has 5 heteroatoms. The van der Waals surface area contributed by atoms with Crippen LogP contribution in [0.2, 0.25) is 6.04 Å². The van der Waals surface area contributed by atoms with Gasteiger partial charge in [0.05, 0.1) is 9.52 Å². The number of ether oxygens (including phenoxy) is 2. The predicted molar refractivity (Wildman–Crippen MR) is 66.9 cm³/mol. The van der Waals surface area contributed by atoms with Gasteiger partial charge in [0, 0.05) is 14.2 Å². The van der Waals surface area contributed by atoms with Gasteiger partial charge < -0.3 is 20.1 Å². The van der Waals surface area contributed by atoms with Crippen LogP contribution in [0.15, 0.2) is 0 Å². The van der Waals surface area contributed by atoms with Gasteiger partial charge in [0.1, 0.15) is 5.91 Å². The van der Waals surface area contributed by atoms with Crippen LogP contribution >= 0.6 is 0 Å². The van der Waals surface area contributed by atoms with Gasteiger partial charge >= 0.3 is 0 Å². The minimum absolute atomic E-state index is 0.0966. The first-order chi connectivity index (χ1) is 7.24. The summed E-state index contributed by atoms with van der Waals surface area (Å²) in [6, 6.07) is 1.28. The van der Waals surface area contributed by atoms with E-state index in [0.29, 0.717) is 0 Å². The van der Waals surface area contributed by atoms with Gasteiger partial charge in [0.25, 0.3) is 0 Å². The van der Waals surface area contributed by atoms with E-state index in [9.17, 15) is 0 Å². The second-order valence-electron chi connectivity index (χ2n) is 3.84. The predicted octanol–water partition coefficient (Wildman–Crippen LogP) is -0.179. The molecule has 0 unspecified atom stereocenters. The van der Waals surface area contributed by atoms with Crippen molar-refractivity contribution < 1.29 is 9.47 Å². The van der Waals surface area contributed by atoms with Crippen molar-refractivity contribution in [2.75, 3.05) is 40.9 Å². The Hall–Kier alpha value is 0.0569. The summed E-state index contributed by atoms with van der Waals surface area (Å²) < 4.78 is 10.4. The average Bonchev–Trinajstić information content (AvgIpc) is 2.26. The zero-order valence-electron chi connectivity index (χ0n) is 10.4. The molecule has 0 bridgehead atoms. The van der Waals surface area contributed by atoms with Crippen molar-refractivity contribution in [1.82, 2.24) is 4.90 Å². The van der Waals surface area contributed by atoms with E-state index in [1.54, 1.807) is 14.2 Å². The quantitative estimate of drug-likeness (QED) is 0.324. The van der Waals surface area contributed by atoms with E-state index >= 15 is 0 Å². The van der Waals surface area contributed by atoms with Crippen LogP contribution in [-0.2, 0) is 9.47 Å². The maximum absolute atomic E-state index is 5.45. The Morgan fingerprint density at radius 3 is 2.33 bits per heavy atom. The number of hydrogen-bond donors (Lipinski definition) is 1. The molecule has 0 saturated carbocycles. The molecule has 0 aliphatic carbocycles. The van der Waals surface area contributed by atoms with Crippen molar-refractivity contribution in [3.05, 3.63) is 0 Å². The topological polar surface area (TPSA) is 47.7 Å². The maximum atomic E-state index is 5.45. The SMILES string of the molecule is COC(OC)[SiH2]CCCN(C)CCCN.